The first kappa shape index (κ1) is 15.2. The van der Waals surface area contributed by atoms with Gasteiger partial charge in [-0.05, 0) is 29.3 Å². The number of nitrogens with zero attached hydrogens (tertiary/aromatic N) is 3. The average molecular weight is 367 g/mol. The van der Waals surface area contributed by atoms with Gasteiger partial charge in [-0.25, -0.2) is 9.97 Å². The predicted octanol–water partition coefficient (Wildman–Crippen LogP) is 4.16. The van der Waals surface area contributed by atoms with E-state index in [1.807, 2.05) is 6.92 Å². The topological polar surface area (TPSA) is 39.9 Å². The van der Waals surface area contributed by atoms with Gasteiger partial charge in [-0.2, -0.15) is 8.78 Å². The molecule has 0 N–H and O–H groups in total. The van der Waals surface area contributed by atoms with Crippen molar-refractivity contribution >= 4 is 27.5 Å². The van der Waals surface area contributed by atoms with Crippen molar-refractivity contribution in [2.45, 2.75) is 26.9 Å². The van der Waals surface area contributed by atoms with Gasteiger partial charge in [0.15, 0.2) is 11.6 Å². The first-order valence-corrected chi connectivity index (χ1v) is 6.95. The quantitative estimate of drug-likeness (QED) is 0.816. The summed E-state index contributed by atoms with van der Waals surface area (Å²) >= 11 is 9.39. The number of pyridine rings is 1. The van der Waals surface area contributed by atoms with Crippen molar-refractivity contribution < 1.29 is 13.5 Å². The number of alkyl halides is 2. The van der Waals surface area contributed by atoms with Crippen LogP contribution in [0, 0.1) is 6.92 Å². The van der Waals surface area contributed by atoms with Crippen LogP contribution in [0.4, 0.5) is 8.78 Å². The van der Waals surface area contributed by atoms with E-state index >= 15 is 0 Å². The molecule has 0 aliphatic rings. The van der Waals surface area contributed by atoms with E-state index in [-0.39, 0.29) is 11.6 Å². The SMILES string of the molecule is CCc1nc(C)n(-c2ncc(Br)cc2OC(F)F)c1Cl. The Balaban J connectivity index is 2.60. The molecule has 0 saturated heterocycles. The van der Waals surface area contributed by atoms with Gasteiger partial charge < -0.3 is 4.74 Å². The van der Waals surface area contributed by atoms with Crippen LogP contribution in [0.2, 0.25) is 5.15 Å². The lowest BCUT2D eigenvalue weighted by atomic mass is 10.4. The standard InChI is InChI=1S/C12H11BrClF2N3O/c1-3-8-10(14)19(6(2)18-8)11-9(20-12(15)16)4-7(13)5-17-11/h4-5,12H,3H2,1-2H3. The summed E-state index contributed by atoms with van der Waals surface area (Å²) < 4.78 is 31.5. The molecule has 20 heavy (non-hydrogen) atoms. The third-order valence-electron chi connectivity index (χ3n) is 2.62. The first-order chi connectivity index (χ1) is 9.43. The van der Waals surface area contributed by atoms with Crippen LogP contribution in [0.3, 0.4) is 0 Å². The normalized spacial score (nSPS) is 11.2. The molecule has 0 saturated carbocycles. The molecule has 0 aliphatic carbocycles. The molecule has 2 aromatic heterocycles. The summed E-state index contributed by atoms with van der Waals surface area (Å²) in [6.45, 7) is 0.683. The number of imidazole rings is 1. The Morgan fingerprint density at radius 2 is 2.20 bits per heavy atom. The molecular weight excluding hydrogens is 356 g/mol. The van der Waals surface area contributed by atoms with E-state index in [4.69, 9.17) is 11.6 Å². The zero-order valence-corrected chi connectivity index (χ0v) is 13.0. The Bertz CT molecular complexity index is 633. The van der Waals surface area contributed by atoms with Gasteiger partial charge in [0, 0.05) is 16.7 Å². The lowest BCUT2D eigenvalue weighted by Crippen LogP contribution is -2.08. The van der Waals surface area contributed by atoms with Gasteiger partial charge in [-0.1, -0.05) is 18.5 Å². The van der Waals surface area contributed by atoms with Crippen LogP contribution in [0.1, 0.15) is 18.4 Å². The van der Waals surface area contributed by atoms with Crippen molar-refractivity contribution in [3.05, 3.63) is 33.4 Å². The molecule has 0 radical (unpaired) electrons. The summed E-state index contributed by atoms with van der Waals surface area (Å²) in [5.41, 5.74) is 0.678. The van der Waals surface area contributed by atoms with E-state index in [0.29, 0.717) is 27.6 Å². The minimum atomic E-state index is -2.95. The molecular formula is C12H11BrClF2N3O. The van der Waals surface area contributed by atoms with E-state index < -0.39 is 6.61 Å². The molecule has 0 atom stereocenters. The average Bonchev–Trinajstić information content (AvgIpc) is 2.65. The van der Waals surface area contributed by atoms with Crippen molar-refractivity contribution in [3.8, 4) is 11.6 Å². The number of hydrogen-bond donors (Lipinski definition) is 0. The molecule has 0 bridgehead atoms. The highest BCUT2D eigenvalue weighted by molar-refractivity contribution is 9.10. The highest BCUT2D eigenvalue weighted by Gasteiger charge is 2.19. The van der Waals surface area contributed by atoms with E-state index in [0.717, 1.165) is 0 Å². The molecule has 0 aliphatic heterocycles. The third kappa shape index (κ3) is 2.93. The van der Waals surface area contributed by atoms with E-state index in [1.165, 1.54) is 16.8 Å². The van der Waals surface area contributed by atoms with Gasteiger partial charge in [-0.15, -0.1) is 0 Å². The maximum atomic E-state index is 12.5. The zero-order valence-electron chi connectivity index (χ0n) is 10.7. The van der Waals surface area contributed by atoms with Crippen molar-refractivity contribution in [1.82, 2.24) is 14.5 Å². The number of ether oxygens (including phenoxy) is 1. The molecule has 8 heteroatoms. The first-order valence-electron chi connectivity index (χ1n) is 5.78. The van der Waals surface area contributed by atoms with Gasteiger partial charge in [0.05, 0.1) is 5.69 Å². The lowest BCUT2D eigenvalue weighted by molar-refractivity contribution is -0.0501. The smallest absolute Gasteiger partial charge is 0.387 e. The second-order valence-electron chi connectivity index (χ2n) is 3.94. The highest BCUT2D eigenvalue weighted by atomic mass is 79.9. The maximum Gasteiger partial charge on any atom is 0.387 e. The monoisotopic (exact) mass is 365 g/mol. The van der Waals surface area contributed by atoms with Gasteiger partial charge in [0.25, 0.3) is 0 Å². The maximum absolute atomic E-state index is 12.5. The van der Waals surface area contributed by atoms with Gasteiger partial charge in [-0.3, -0.25) is 4.57 Å². The largest absolute Gasteiger partial charge is 0.431 e. The summed E-state index contributed by atoms with van der Waals surface area (Å²) in [4.78, 5) is 8.39. The third-order valence-corrected chi connectivity index (χ3v) is 3.44. The van der Waals surface area contributed by atoms with E-state index in [2.05, 4.69) is 30.6 Å². The summed E-state index contributed by atoms with van der Waals surface area (Å²) in [6.07, 6.45) is 2.11. The van der Waals surface area contributed by atoms with Crippen LogP contribution in [0.25, 0.3) is 5.82 Å². The number of aromatic nitrogens is 3. The minimum absolute atomic E-state index is 0.0700. The lowest BCUT2D eigenvalue weighted by Gasteiger charge is -2.12. The fourth-order valence-electron chi connectivity index (χ4n) is 1.80. The molecule has 0 fully saturated rings. The fourth-order valence-corrected chi connectivity index (χ4v) is 2.49. The second kappa shape index (κ2) is 6.05. The Kier molecular flexibility index (Phi) is 4.59. The van der Waals surface area contributed by atoms with Gasteiger partial charge in [0.2, 0.25) is 0 Å². The predicted molar refractivity (Wildman–Crippen MR) is 74.8 cm³/mol. The molecule has 108 valence electrons. The summed E-state index contributed by atoms with van der Waals surface area (Å²) in [7, 11) is 0. The Labute approximate surface area is 127 Å². The Hall–Kier alpha value is -1.21. The zero-order chi connectivity index (χ0) is 14.9. The highest BCUT2D eigenvalue weighted by Crippen LogP contribution is 2.31. The van der Waals surface area contributed by atoms with E-state index in [1.54, 1.807) is 6.92 Å². The summed E-state index contributed by atoms with van der Waals surface area (Å²) in [6, 6.07) is 1.41. The van der Waals surface area contributed by atoms with Crippen molar-refractivity contribution in [1.29, 1.82) is 0 Å². The minimum Gasteiger partial charge on any atom is -0.431 e. The molecule has 0 unspecified atom stereocenters. The van der Waals surface area contributed by atoms with Crippen LogP contribution in [0.5, 0.6) is 5.75 Å². The molecule has 4 nitrogen and oxygen atoms in total. The molecule has 2 rings (SSSR count). The van der Waals surface area contributed by atoms with Crippen molar-refractivity contribution in [2.75, 3.05) is 0 Å². The summed E-state index contributed by atoms with van der Waals surface area (Å²) in [5.74, 6) is 0.670. The fraction of sp³-hybridized carbons (Fsp3) is 0.333. The Morgan fingerprint density at radius 1 is 1.50 bits per heavy atom. The van der Waals surface area contributed by atoms with Crippen LogP contribution in [-0.4, -0.2) is 21.1 Å². The number of rotatable bonds is 4. The molecule has 0 aromatic carbocycles. The van der Waals surface area contributed by atoms with Crippen molar-refractivity contribution in [3.63, 3.8) is 0 Å². The van der Waals surface area contributed by atoms with Crippen LogP contribution >= 0.6 is 27.5 Å². The molecule has 0 spiro atoms. The van der Waals surface area contributed by atoms with E-state index in [9.17, 15) is 8.78 Å². The van der Waals surface area contributed by atoms with Crippen LogP contribution in [0.15, 0.2) is 16.7 Å². The molecule has 0 amide bonds. The number of aryl methyl sites for hydroxylation is 2. The van der Waals surface area contributed by atoms with Gasteiger partial charge >= 0.3 is 6.61 Å². The van der Waals surface area contributed by atoms with Crippen LogP contribution in [-0.2, 0) is 6.42 Å². The van der Waals surface area contributed by atoms with Gasteiger partial charge in [0.1, 0.15) is 11.0 Å². The second-order valence-corrected chi connectivity index (χ2v) is 5.21. The van der Waals surface area contributed by atoms with Crippen LogP contribution < -0.4 is 4.74 Å². The summed E-state index contributed by atoms with van der Waals surface area (Å²) in [5, 5.41) is 0.346. The molecule has 2 aromatic rings. The number of hydrogen-bond acceptors (Lipinski definition) is 3. The van der Waals surface area contributed by atoms with Crippen molar-refractivity contribution in [2.24, 2.45) is 0 Å². The Morgan fingerprint density at radius 3 is 2.75 bits per heavy atom. The number of halogens is 4. The molecule has 2 heterocycles.